The van der Waals surface area contributed by atoms with E-state index in [1.165, 1.54) is 24.3 Å². The summed E-state index contributed by atoms with van der Waals surface area (Å²) in [6.07, 6.45) is -4.83. The van der Waals surface area contributed by atoms with Crippen LogP contribution in [0.4, 0.5) is 13.2 Å². The number of ether oxygens (including phenoxy) is 1. The van der Waals surface area contributed by atoms with E-state index in [0.717, 1.165) is 6.07 Å². The van der Waals surface area contributed by atoms with Crippen LogP contribution < -0.4 is 15.6 Å². The number of hydrogen-bond donors (Lipinski definition) is 2. The second-order valence-electron chi connectivity index (χ2n) is 5.44. The molecule has 0 aliphatic rings. The second kappa shape index (κ2) is 6.91. The lowest BCUT2D eigenvalue weighted by Crippen LogP contribution is -2.27. The Labute approximate surface area is 145 Å². The molecule has 0 bridgehead atoms. The van der Waals surface area contributed by atoms with E-state index in [1.54, 1.807) is 24.3 Å². The molecule has 8 heteroatoms. The van der Waals surface area contributed by atoms with Gasteiger partial charge in [0.05, 0.1) is 0 Å². The summed E-state index contributed by atoms with van der Waals surface area (Å²) >= 11 is 0. The Kier molecular flexibility index (Phi) is 4.66. The van der Waals surface area contributed by atoms with Crippen LogP contribution in [-0.4, -0.2) is 17.3 Å². The van der Waals surface area contributed by atoms with Gasteiger partial charge < -0.3 is 15.0 Å². The third kappa shape index (κ3) is 4.02. The van der Waals surface area contributed by atoms with Gasteiger partial charge in [-0.1, -0.05) is 36.4 Å². The van der Waals surface area contributed by atoms with Crippen LogP contribution in [0.5, 0.6) is 5.75 Å². The highest BCUT2D eigenvalue weighted by Crippen LogP contribution is 2.26. The van der Waals surface area contributed by atoms with Crippen molar-refractivity contribution in [2.45, 2.75) is 12.9 Å². The molecule has 3 aromatic rings. The molecular weight excluding hydrogens is 349 g/mol. The second-order valence-corrected chi connectivity index (χ2v) is 5.44. The number of hydrogen-bond acceptors (Lipinski definition) is 3. The minimum absolute atomic E-state index is 0.0166. The molecule has 134 valence electrons. The molecule has 1 amide bonds. The van der Waals surface area contributed by atoms with E-state index in [-0.39, 0.29) is 17.8 Å². The number of pyridine rings is 1. The number of amides is 1. The first-order valence-electron chi connectivity index (χ1n) is 7.57. The quantitative estimate of drug-likeness (QED) is 0.748. The summed E-state index contributed by atoms with van der Waals surface area (Å²) in [6, 6.07) is 13.7. The largest absolute Gasteiger partial charge is 0.573 e. The van der Waals surface area contributed by atoms with Crippen molar-refractivity contribution < 1.29 is 22.7 Å². The zero-order chi connectivity index (χ0) is 18.7. The molecular formula is C18H13F3N2O3. The Morgan fingerprint density at radius 3 is 2.54 bits per heavy atom. The predicted molar refractivity (Wildman–Crippen MR) is 88.9 cm³/mol. The summed E-state index contributed by atoms with van der Waals surface area (Å²) in [5.41, 5.74) is -0.252. The van der Waals surface area contributed by atoms with E-state index in [9.17, 15) is 22.8 Å². The van der Waals surface area contributed by atoms with Gasteiger partial charge in [-0.2, -0.15) is 0 Å². The number of H-pyrrole nitrogens is 1. The molecule has 26 heavy (non-hydrogen) atoms. The average molecular weight is 362 g/mol. The zero-order valence-electron chi connectivity index (χ0n) is 13.3. The first-order valence-corrected chi connectivity index (χ1v) is 7.57. The molecule has 0 atom stereocenters. The maximum atomic E-state index is 12.4. The average Bonchev–Trinajstić information content (AvgIpc) is 2.59. The monoisotopic (exact) mass is 362 g/mol. The fraction of sp³-hybridized carbons (Fsp3) is 0.111. The van der Waals surface area contributed by atoms with Crippen molar-refractivity contribution in [2.75, 3.05) is 0 Å². The van der Waals surface area contributed by atoms with E-state index in [4.69, 9.17) is 0 Å². The molecule has 3 rings (SSSR count). The number of aromatic nitrogens is 1. The highest BCUT2D eigenvalue weighted by molar-refractivity contribution is 5.96. The van der Waals surface area contributed by atoms with Crippen LogP contribution >= 0.6 is 0 Å². The summed E-state index contributed by atoms with van der Waals surface area (Å²) in [4.78, 5) is 26.7. The van der Waals surface area contributed by atoms with Crippen molar-refractivity contribution in [3.8, 4) is 5.75 Å². The minimum atomic E-state index is -4.83. The van der Waals surface area contributed by atoms with Crippen LogP contribution in [0.25, 0.3) is 10.8 Å². The van der Waals surface area contributed by atoms with Crippen molar-refractivity contribution >= 4 is 16.7 Å². The van der Waals surface area contributed by atoms with Crippen LogP contribution in [0.1, 0.15) is 16.1 Å². The number of rotatable bonds is 4. The third-order valence-electron chi connectivity index (χ3n) is 3.64. The third-order valence-corrected chi connectivity index (χ3v) is 3.64. The number of para-hydroxylation sites is 1. The Morgan fingerprint density at radius 1 is 1.08 bits per heavy atom. The molecule has 0 saturated heterocycles. The number of fused-ring (bicyclic) bond motifs is 1. The Balaban J connectivity index is 1.79. The number of carbonyl (C=O) groups excluding carboxylic acids is 1. The van der Waals surface area contributed by atoms with Crippen molar-refractivity contribution in [2.24, 2.45) is 0 Å². The van der Waals surface area contributed by atoms with Crippen LogP contribution in [-0.2, 0) is 6.54 Å². The molecule has 0 radical (unpaired) electrons. The zero-order valence-corrected chi connectivity index (χ0v) is 13.3. The summed E-state index contributed by atoms with van der Waals surface area (Å²) in [5.74, 6) is -1.01. The number of nitrogens with one attached hydrogen (secondary N) is 2. The summed E-state index contributed by atoms with van der Waals surface area (Å²) in [7, 11) is 0. The lowest BCUT2D eigenvalue weighted by atomic mass is 10.1. The molecule has 0 spiro atoms. The van der Waals surface area contributed by atoms with Gasteiger partial charge in [0.1, 0.15) is 11.4 Å². The fourth-order valence-electron chi connectivity index (χ4n) is 2.48. The van der Waals surface area contributed by atoms with Gasteiger partial charge in [0.15, 0.2) is 0 Å². The maximum absolute atomic E-state index is 12.4. The van der Waals surface area contributed by atoms with Gasteiger partial charge >= 0.3 is 6.36 Å². The SMILES string of the molecule is O=C(NCc1ccccc1OC(F)(F)F)c1cc2ccccc2c(=O)[nH]1. The van der Waals surface area contributed by atoms with Crippen LogP contribution in [0.2, 0.25) is 0 Å². The summed E-state index contributed by atoms with van der Waals surface area (Å²) < 4.78 is 41.2. The van der Waals surface area contributed by atoms with Crippen LogP contribution in [0.3, 0.4) is 0 Å². The van der Waals surface area contributed by atoms with E-state index < -0.39 is 23.6 Å². The molecule has 0 saturated carbocycles. The Hall–Kier alpha value is -3.29. The number of halogens is 3. The van der Waals surface area contributed by atoms with Crippen molar-refractivity contribution in [1.82, 2.24) is 10.3 Å². The molecule has 0 aliphatic carbocycles. The molecule has 0 fully saturated rings. The smallest absolute Gasteiger partial charge is 0.405 e. The first kappa shape index (κ1) is 17.5. The topological polar surface area (TPSA) is 71.2 Å². The van der Waals surface area contributed by atoms with Crippen LogP contribution in [0.15, 0.2) is 59.4 Å². The van der Waals surface area contributed by atoms with E-state index >= 15 is 0 Å². The molecule has 0 unspecified atom stereocenters. The summed E-state index contributed by atoms with van der Waals surface area (Å²) in [5, 5.41) is 3.50. The van der Waals surface area contributed by atoms with Gasteiger partial charge in [0.2, 0.25) is 0 Å². The minimum Gasteiger partial charge on any atom is -0.405 e. The molecule has 2 N–H and O–H groups in total. The molecule has 1 aromatic heterocycles. The molecule has 2 aromatic carbocycles. The number of carbonyl (C=O) groups is 1. The molecule has 1 heterocycles. The molecule has 5 nitrogen and oxygen atoms in total. The van der Waals surface area contributed by atoms with Crippen molar-refractivity contribution in [3.05, 3.63) is 76.2 Å². The van der Waals surface area contributed by atoms with E-state index in [1.807, 2.05) is 0 Å². The molecule has 0 aliphatic heterocycles. The van der Waals surface area contributed by atoms with Crippen molar-refractivity contribution in [1.29, 1.82) is 0 Å². The standard InChI is InChI=1S/C18H13F3N2O3/c19-18(20,21)26-15-8-4-2-6-12(15)10-22-17(25)14-9-11-5-1-3-7-13(11)16(24)23-14/h1-9H,10H2,(H,22,25)(H,23,24). The van der Waals surface area contributed by atoms with Gasteiger partial charge in [0.25, 0.3) is 11.5 Å². The lowest BCUT2D eigenvalue weighted by molar-refractivity contribution is -0.274. The lowest BCUT2D eigenvalue weighted by Gasteiger charge is -2.13. The van der Waals surface area contributed by atoms with Crippen molar-refractivity contribution in [3.63, 3.8) is 0 Å². The fourth-order valence-corrected chi connectivity index (χ4v) is 2.48. The first-order chi connectivity index (χ1) is 12.3. The van der Waals surface area contributed by atoms with Crippen LogP contribution in [0, 0.1) is 0 Å². The van der Waals surface area contributed by atoms with E-state index in [0.29, 0.717) is 10.8 Å². The highest BCUT2D eigenvalue weighted by Gasteiger charge is 2.32. The predicted octanol–water partition coefficient (Wildman–Crippen LogP) is 3.36. The highest BCUT2D eigenvalue weighted by atomic mass is 19.4. The Bertz CT molecular complexity index is 1010. The van der Waals surface area contributed by atoms with Gasteiger partial charge in [-0.3, -0.25) is 9.59 Å². The number of aromatic amines is 1. The van der Waals surface area contributed by atoms with Gasteiger partial charge in [-0.25, -0.2) is 0 Å². The van der Waals surface area contributed by atoms with Gasteiger partial charge in [0, 0.05) is 17.5 Å². The van der Waals surface area contributed by atoms with Gasteiger partial charge in [-0.15, -0.1) is 13.2 Å². The Morgan fingerprint density at radius 2 is 1.77 bits per heavy atom. The maximum Gasteiger partial charge on any atom is 0.573 e. The van der Waals surface area contributed by atoms with Gasteiger partial charge in [-0.05, 0) is 23.6 Å². The number of benzene rings is 2. The summed E-state index contributed by atoms with van der Waals surface area (Å²) in [6.45, 7) is -0.195. The number of alkyl halides is 3. The van der Waals surface area contributed by atoms with E-state index in [2.05, 4.69) is 15.0 Å². The normalized spacial score (nSPS) is 11.3.